The van der Waals surface area contributed by atoms with E-state index in [9.17, 15) is 0 Å². The van der Waals surface area contributed by atoms with E-state index in [1.807, 2.05) is 7.05 Å². The summed E-state index contributed by atoms with van der Waals surface area (Å²) in [6.07, 6.45) is 31.3. The van der Waals surface area contributed by atoms with E-state index < -0.39 is 0 Å². The van der Waals surface area contributed by atoms with E-state index in [1.165, 1.54) is 18.4 Å². The predicted molar refractivity (Wildman–Crippen MR) is 149 cm³/mol. The lowest BCUT2D eigenvalue weighted by Gasteiger charge is -2.23. The molecule has 4 aliphatic rings. The van der Waals surface area contributed by atoms with Crippen molar-refractivity contribution < 1.29 is 4.74 Å². The molecule has 2 N–H and O–H groups in total. The third kappa shape index (κ3) is 9.61. The lowest BCUT2D eigenvalue weighted by atomic mass is 10.1. The van der Waals surface area contributed by atoms with Crippen molar-refractivity contribution in [2.45, 2.75) is 45.1 Å². The van der Waals surface area contributed by atoms with Crippen LogP contribution in [0.5, 0.6) is 0 Å². The average molecular weight is 475 g/mol. The zero-order chi connectivity index (χ0) is 24.7. The molecule has 4 rings (SSSR count). The van der Waals surface area contributed by atoms with E-state index >= 15 is 0 Å². The van der Waals surface area contributed by atoms with Crippen LogP contribution < -0.4 is 10.6 Å². The molecule has 0 amide bonds. The Kier molecular flexibility index (Phi) is 11.4. The molecule has 1 fully saturated rings. The fraction of sp³-hybridized carbons (Fsp3) is 0.433. The number of ether oxygens (including phenoxy) is 1. The number of allylic oxidation sites excluding steroid dienone is 8. The van der Waals surface area contributed by atoms with Crippen LogP contribution in [-0.4, -0.2) is 50.1 Å². The molecule has 188 valence electrons. The second-order valence-corrected chi connectivity index (χ2v) is 8.97. The quantitative estimate of drug-likeness (QED) is 0.525. The normalized spacial score (nSPS) is 25.6. The van der Waals surface area contributed by atoms with E-state index in [0.29, 0.717) is 12.6 Å². The highest BCUT2D eigenvalue weighted by Crippen LogP contribution is 2.28. The summed E-state index contributed by atoms with van der Waals surface area (Å²) in [7, 11) is 1.81. The molecular formula is C30H42N4O. The van der Waals surface area contributed by atoms with Gasteiger partial charge in [0.2, 0.25) is 0 Å². The average Bonchev–Trinajstić information content (AvgIpc) is 3.73. The third-order valence-corrected chi connectivity index (χ3v) is 6.25. The summed E-state index contributed by atoms with van der Waals surface area (Å²) in [4.78, 5) is 7.47. The van der Waals surface area contributed by atoms with Gasteiger partial charge in [0.15, 0.2) is 0 Å². The summed E-state index contributed by atoms with van der Waals surface area (Å²) in [5.74, 6) is 1.46. The lowest BCUT2D eigenvalue weighted by Crippen LogP contribution is -2.30. The molecule has 1 heterocycles. The SMILES string of the molecule is C=CNC.CC/C1=N\CNC2=CC=CC(C=C2)CN(C2CC2)C/C=C/CCOC2=CC=CC1=CC2. The molecule has 1 atom stereocenters. The van der Waals surface area contributed by atoms with Gasteiger partial charge in [-0.25, -0.2) is 0 Å². The van der Waals surface area contributed by atoms with Gasteiger partial charge in [0.05, 0.1) is 12.4 Å². The van der Waals surface area contributed by atoms with Gasteiger partial charge in [-0.2, -0.15) is 0 Å². The highest BCUT2D eigenvalue weighted by molar-refractivity contribution is 6.02. The second-order valence-electron chi connectivity index (χ2n) is 8.97. The van der Waals surface area contributed by atoms with Crippen LogP contribution in [0, 0.1) is 5.92 Å². The summed E-state index contributed by atoms with van der Waals surface area (Å²) in [5.41, 5.74) is 3.44. The Bertz CT molecular complexity index is 928. The van der Waals surface area contributed by atoms with Gasteiger partial charge < -0.3 is 15.4 Å². The van der Waals surface area contributed by atoms with Crippen LogP contribution in [0.2, 0.25) is 0 Å². The van der Waals surface area contributed by atoms with Gasteiger partial charge in [0.25, 0.3) is 0 Å². The van der Waals surface area contributed by atoms with Crippen molar-refractivity contribution in [3.8, 4) is 0 Å². The number of hydrogen-bond acceptors (Lipinski definition) is 5. The zero-order valence-electron chi connectivity index (χ0n) is 21.5. The van der Waals surface area contributed by atoms with Gasteiger partial charge in [0, 0.05) is 49.9 Å². The number of nitrogens with zero attached hydrogens (tertiary/aromatic N) is 2. The van der Waals surface area contributed by atoms with Crippen molar-refractivity contribution in [3.63, 3.8) is 0 Å². The molecule has 0 aromatic rings. The maximum atomic E-state index is 6.03. The molecule has 35 heavy (non-hydrogen) atoms. The van der Waals surface area contributed by atoms with Crippen molar-refractivity contribution in [2.75, 3.05) is 33.4 Å². The first-order chi connectivity index (χ1) is 17.2. The zero-order valence-corrected chi connectivity index (χ0v) is 21.5. The van der Waals surface area contributed by atoms with Crippen LogP contribution in [0.15, 0.2) is 102 Å². The molecule has 0 saturated heterocycles. The maximum Gasteiger partial charge on any atom is 0.108 e. The molecular weight excluding hydrogens is 432 g/mol. The summed E-state index contributed by atoms with van der Waals surface area (Å²) in [6.45, 7) is 8.94. The Morgan fingerprint density at radius 1 is 1.20 bits per heavy atom. The number of aliphatic imine (C=N–C) groups is 1. The van der Waals surface area contributed by atoms with Crippen molar-refractivity contribution in [1.29, 1.82) is 0 Å². The van der Waals surface area contributed by atoms with Crippen molar-refractivity contribution in [1.82, 2.24) is 15.5 Å². The topological polar surface area (TPSA) is 48.9 Å². The predicted octanol–water partition coefficient (Wildman–Crippen LogP) is 5.57. The Hall–Kier alpha value is -3.05. The van der Waals surface area contributed by atoms with E-state index in [1.54, 1.807) is 6.20 Å². The first-order valence-electron chi connectivity index (χ1n) is 12.9. The summed E-state index contributed by atoms with van der Waals surface area (Å²) in [6, 6.07) is 0.750. The summed E-state index contributed by atoms with van der Waals surface area (Å²) in [5, 5.41) is 6.17. The van der Waals surface area contributed by atoms with Crippen molar-refractivity contribution >= 4 is 5.71 Å². The highest BCUT2D eigenvalue weighted by atomic mass is 16.5. The standard InChI is InChI=1S/C27H35N3O.C3H7N/c1-2-27-23-9-7-11-26(17-13-23)31-19-5-3-4-18-30(25-15-16-25)20-22-8-6-10-24(14-12-22)28-21-29-27;1-3-4-2/h3-4,6-14,22,25,28H,2,5,15-21H2,1H3;3-4H,1H2,2H3/b4-3+,29-27+;. The third-order valence-electron chi connectivity index (χ3n) is 6.25. The van der Waals surface area contributed by atoms with Gasteiger partial charge in [-0.1, -0.05) is 62.1 Å². The molecule has 1 unspecified atom stereocenters. The van der Waals surface area contributed by atoms with Crippen LogP contribution >= 0.6 is 0 Å². The van der Waals surface area contributed by atoms with Crippen LogP contribution in [0.1, 0.15) is 39.0 Å². The minimum absolute atomic E-state index is 0.440. The first-order valence-corrected chi connectivity index (χ1v) is 12.9. The number of hydrogen-bond donors (Lipinski definition) is 2. The molecule has 0 aromatic carbocycles. The summed E-state index contributed by atoms with van der Waals surface area (Å²) >= 11 is 0. The van der Waals surface area contributed by atoms with Crippen molar-refractivity contribution in [2.24, 2.45) is 10.9 Å². The van der Waals surface area contributed by atoms with Crippen LogP contribution in [-0.2, 0) is 4.74 Å². The Morgan fingerprint density at radius 2 is 2.06 bits per heavy atom. The molecule has 1 saturated carbocycles. The number of nitrogens with one attached hydrogen (secondary N) is 2. The molecule has 5 heteroatoms. The Morgan fingerprint density at radius 3 is 2.83 bits per heavy atom. The lowest BCUT2D eigenvalue weighted by molar-refractivity contribution is 0.213. The molecule has 0 radical (unpaired) electrons. The van der Waals surface area contributed by atoms with Gasteiger partial charge in [-0.15, -0.1) is 0 Å². The van der Waals surface area contributed by atoms with Crippen LogP contribution in [0.4, 0.5) is 0 Å². The van der Waals surface area contributed by atoms with E-state index in [0.717, 1.165) is 62.2 Å². The minimum atomic E-state index is 0.440. The largest absolute Gasteiger partial charge is 0.497 e. The number of fused-ring (bicyclic) bond motifs is 4. The van der Waals surface area contributed by atoms with Crippen LogP contribution in [0.3, 0.4) is 0 Å². The molecule has 3 aliphatic carbocycles. The maximum absolute atomic E-state index is 6.03. The monoisotopic (exact) mass is 474 g/mol. The highest BCUT2D eigenvalue weighted by Gasteiger charge is 2.29. The molecule has 5 nitrogen and oxygen atoms in total. The van der Waals surface area contributed by atoms with E-state index in [4.69, 9.17) is 9.73 Å². The molecule has 4 bridgehead atoms. The minimum Gasteiger partial charge on any atom is -0.497 e. The van der Waals surface area contributed by atoms with Crippen molar-refractivity contribution in [3.05, 3.63) is 96.6 Å². The number of rotatable bonds is 3. The van der Waals surface area contributed by atoms with Gasteiger partial charge in [-0.05, 0) is 55.7 Å². The second kappa shape index (κ2) is 15.0. The fourth-order valence-electron chi connectivity index (χ4n) is 4.12. The van der Waals surface area contributed by atoms with Crippen LogP contribution in [0.25, 0.3) is 0 Å². The van der Waals surface area contributed by atoms with E-state index in [-0.39, 0.29) is 0 Å². The van der Waals surface area contributed by atoms with Gasteiger partial charge >= 0.3 is 0 Å². The van der Waals surface area contributed by atoms with Gasteiger partial charge in [0.1, 0.15) is 6.67 Å². The summed E-state index contributed by atoms with van der Waals surface area (Å²) < 4.78 is 6.03. The molecule has 0 aromatic heterocycles. The molecule has 1 aliphatic heterocycles. The van der Waals surface area contributed by atoms with Gasteiger partial charge in [-0.3, -0.25) is 9.89 Å². The Balaban J connectivity index is 0.000000795. The molecule has 0 spiro atoms. The smallest absolute Gasteiger partial charge is 0.108 e. The van der Waals surface area contributed by atoms with E-state index in [2.05, 4.69) is 95.9 Å². The first kappa shape index (κ1) is 26.6. The fourth-order valence-corrected chi connectivity index (χ4v) is 4.12. The Labute approximate surface area is 212 Å².